The van der Waals surface area contributed by atoms with Crippen LogP contribution in [0.3, 0.4) is 0 Å². The minimum atomic E-state index is -0.343. The molecule has 0 saturated carbocycles. The summed E-state index contributed by atoms with van der Waals surface area (Å²) < 4.78 is 8.80. The summed E-state index contributed by atoms with van der Waals surface area (Å²) in [6.45, 7) is 8.19. The maximum atomic E-state index is 13.1. The molecule has 9 heteroatoms. The monoisotopic (exact) mass is 406 g/mol. The van der Waals surface area contributed by atoms with Crippen molar-refractivity contribution < 1.29 is 9.21 Å². The molecule has 4 heterocycles. The molecule has 0 aliphatic rings. The maximum Gasteiger partial charge on any atom is 0.295 e. The highest BCUT2D eigenvalue weighted by Crippen LogP contribution is 2.26. The lowest BCUT2D eigenvalue weighted by atomic mass is 10.2. The summed E-state index contributed by atoms with van der Waals surface area (Å²) in [5, 5.41) is 2.81. The van der Waals surface area contributed by atoms with Gasteiger partial charge in [0.1, 0.15) is 17.2 Å². The number of furan rings is 1. The second-order valence-corrected chi connectivity index (χ2v) is 6.99. The van der Waals surface area contributed by atoms with Gasteiger partial charge in [-0.05, 0) is 19.9 Å². The largest absolute Gasteiger partial charge is 0.466 e. The number of allylic oxidation sites excluding steroid dienone is 1. The maximum absolute atomic E-state index is 13.1. The summed E-state index contributed by atoms with van der Waals surface area (Å²) in [5.41, 5.74) is 2.46. The lowest BCUT2D eigenvalue weighted by molar-refractivity contribution is 0.0949. The highest BCUT2D eigenvalue weighted by molar-refractivity contribution is 5.92. The van der Waals surface area contributed by atoms with Crippen molar-refractivity contribution in [1.82, 2.24) is 29.2 Å². The van der Waals surface area contributed by atoms with Crippen LogP contribution >= 0.6 is 0 Å². The molecule has 9 nitrogen and oxygen atoms in total. The molecule has 154 valence electrons. The van der Waals surface area contributed by atoms with E-state index in [1.54, 1.807) is 40.0 Å². The first kappa shape index (κ1) is 19.4. The number of carbonyl (C=O) groups excluding carboxylic acids is 1. The van der Waals surface area contributed by atoms with Gasteiger partial charge in [0.25, 0.3) is 11.5 Å². The van der Waals surface area contributed by atoms with Crippen LogP contribution in [-0.4, -0.2) is 36.4 Å². The topological polar surface area (TPSA) is 110 Å². The van der Waals surface area contributed by atoms with E-state index in [1.807, 2.05) is 19.9 Å². The number of nitrogens with zero attached hydrogens (tertiary/aromatic N) is 4. The fourth-order valence-corrected chi connectivity index (χ4v) is 3.42. The van der Waals surface area contributed by atoms with Crippen molar-refractivity contribution in [2.75, 3.05) is 6.54 Å². The Morgan fingerprint density at radius 1 is 1.37 bits per heavy atom. The van der Waals surface area contributed by atoms with Crippen molar-refractivity contribution in [1.29, 1.82) is 0 Å². The number of rotatable bonds is 7. The van der Waals surface area contributed by atoms with E-state index in [0.717, 1.165) is 17.0 Å². The van der Waals surface area contributed by atoms with E-state index < -0.39 is 0 Å². The highest BCUT2D eigenvalue weighted by atomic mass is 16.3. The number of fused-ring (bicyclic) bond motifs is 1. The number of carbonyl (C=O) groups is 1. The van der Waals surface area contributed by atoms with Crippen LogP contribution in [0, 0.1) is 13.8 Å². The standard InChI is InChI=1S/C21H22N6O3/c1-4-7-27-18(16-8-13(2)30-14(16)3)11-26-10-17(25-19(26)21(27)29)20(28)23-6-5-15-9-22-12-24-15/h4,8-12H,1,5-7H2,2-3H3,(H,22,24)(H,23,28). The summed E-state index contributed by atoms with van der Waals surface area (Å²) in [5.74, 6) is 1.12. The number of aromatic amines is 1. The molecule has 0 spiro atoms. The zero-order valence-corrected chi connectivity index (χ0v) is 16.8. The van der Waals surface area contributed by atoms with E-state index in [-0.39, 0.29) is 22.8 Å². The van der Waals surface area contributed by atoms with Crippen LogP contribution in [-0.2, 0) is 13.0 Å². The number of hydrogen-bond acceptors (Lipinski definition) is 5. The van der Waals surface area contributed by atoms with Gasteiger partial charge in [0.05, 0.1) is 12.0 Å². The normalized spacial score (nSPS) is 11.1. The van der Waals surface area contributed by atoms with Gasteiger partial charge < -0.3 is 14.7 Å². The van der Waals surface area contributed by atoms with Crippen molar-refractivity contribution in [2.45, 2.75) is 26.8 Å². The molecule has 4 aromatic rings. The van der Waals surface area contributed by atoms with E-state index in [9.17, 15) is 9.59 Å². The Kier molecular flexibility index (Phi) is 5.09. The Morgan fingerprint density at radius 2 is 2.20 bits per heavy atom. The van der Waals surface area contributed by atoms with Crippen LogP contribution < -0.4 is 10.9 Å². The smallest absolute Gasteiger partial charge is 0.295 e. The molecule has 30 heavy (non-hydrogen) atoms. The molecule has 0 unspecified atom stereocenters. The van der Waals surface area contributed by atoms with Crippen molar-refractivity contribution in [3.63, 3.8) is 0 Å². The summed E-state index contributed by atoms with van der Waals surface area (Å²) >= 11 is 0. The van der Waals surface area contributed by atoms with Crippen LogP contribution in [0.1, 0.15) is 27.7 Å². The Bertz CT molecular complexity index is 1280. The van der Waals surface area contributed by atoms with Crippen molar-refractivity contribution in [2.24, 2.45) is 0 Å². The third kappa shape index (κ3) is 3.57. The van der Waals surface area contributed by atoms with Gasteiger partial charge >= 0.3 is 0 Å². The first-order chi connectivity index (χ1) is 14.5. The fourth-order valence-electron chi connectivity index (χ4n) is 3.42. The van der Waals surface area contributed by atoms with Gasteiger partial charge in [-0.1, -0.05) is 6.08 Å². The SMILES string of the molecule is C=CCn1c(-c2cc(C)oc2C)cn2cc(C(=O)NCCc3cnc[nH]3)nc2c1=O. The van der Waals surface area contributed by atoms with E-state index in [0.29, 0.717) is 31.0 Å². The zero-order chi connectivity index (χ0) is 21.3. The van der Waals surface area contributed by atoms with Crippen LogP contribution in [0.4, 0.5) is 0 Å². The minimum absolute atomic E-state index is 0.178. The molecule has 0 fully saturated rings. The predicted molar refractivity (Wildman–Crippen MR) is 111 cm³/mol. The second kappa shape index (κ2) is 7.86. The predicted octanol–water partition coefficient (Wildman–Crippen LogP) is 2.25. The molecule has 0 radical (unpaired) electrons. The molecular formula is C21H22N6O3. The number of imidazole rings is 2. The number of aryl methyl sites for hydroxylation is 2. The van der Waals surface area contributed by atoms with Crippen LogP contribution in [0.15, 0.2) is 52.9 Å². The summed E-state index contributed by atoms with van der Waals surface area (Å²) in [6.07, 6.45) is 8.91. The van der Waals surface area contributed by atoms with Crippen molar-refractivity contribution in [3.05, 3.63) is 76.9 Å². The summed E-state index contributed by atoms with van der Waals surface area (Å²) in [7, 11) is 0. The minimum Gasteiger partial charge on any atom is -0.466 e. The quantitative estimate of drug-likeness (QED) is 0.458. The third-order valence-corrected chi connectivity index (χ3v) is 4.82. The molecule has 0 bridgehead atoms. The number of amides is 1. The van der Waals surface area contributed by atoms with Gasteiger partial charge in [0.2, 0.25) is 5.65 Å². The molecule has 0 aliphatic heterocycles. The highest BCUT2D eigenvalue weighted by Gasteiger charge is 2.18. The fraction of sp³-hybridized carbons (Fsp3) is 0.238. The van der Waals surface area contributed by atoms with E-state index in [4.69, 9.17) is 4.42 Å². The van der Waals surface area contributed by atoms with Gasteiger partial charge in [-0.2, -0.15) is 0 Å². The second-order valence-electron chi connectivity index (χ2n) is 6.99. The summed E-state index contributed by atoms with van der Waals surface area (Å²) in [4.78, 5) is 36.8. The molecule has 0 atom stereocenters. The van der Waals surface area contributed by atoms with Gasteiger partial charge in [0.15, 0.2) is 0 Å². The number of aromatic nitrogens is 5. The van der Waals surface area contributed by atoms with E-state index in [1.165, 1.54) is 0 Å². The number of hydrogen-bond donors (Lipinski definition) is 2. The van der Waals surface area contributed by atoms with Crippen LogP contribution in [0.2, 0.25) is 0 Å². The van der Waals surface area contributed by atoms with Gasteiger partial charge in [-0.15, -0.1) is 6.58 Å². The Morgan fingerprint density at radius 3 is 2.87 bits per heavy atom. The van der Waals surface area contributed by atoms with Gasteiger partial charge in [-0.3, -0.25) is 18.6 Å². The number of H-pyrrole nitrogens is 1. The van der Waals surface area contributed by atoms with Gasteiger partial charge in [-0.25, -0.2) is 9.97 Å². The van der Waals surface area contributed by atoms with Crippen LogP contribution in [0.5, 0.6) is 0 Å². The molecule has 4 rings (SSSR count). The van der Waals surface area contributed by atoms with E-state index >= 15 is 0 Å². The third-order valence-electron chi connectivity index (χ3n) is 4.82. The lowest BCUT2D eigenvalue weighted by Crippen LogP contribution is -2.26. The van der Waals surface area contributed by atoms with E-state index in [2.05, 4.69) is 26.8 Å². The first-order valence-electron chi connectivity index (χ1n) is 9.54. The molecular weight excluding hydrogens is 384 g/mol. The molecule has 0 aliphatic carbocycles. The average molecular weight is 406 g/mol. The van der Waals surface area contributed by atoms with Gasteiger partial charge in [0, 0.05) is 49.4 Å². The lowest BCUT2D eigenvalue weighted by Gasteiger charge is -2.11. The Balaban J connectivity index is 1.69. The zero-order valence-electron chi connectivity index (χ0n) is 16.8. The number of nitrogens with one attached hydrogen (secondary N) is 2. The average Bonchev–Trinajstić information content (AvgIpc) is 3.44. The van der Waals surface area contributed by atoms with Crippen molar-refractivity contribution in [3.8, 4) is 11.3 Å². The molecule has 0 aromatic carbocycles. The molecule has 4 aromatic heterocycles. The van der Waals surface area contributed by atoms with Crippen molar-refractivity contribution >= 4 is 11.6 Å². The van der Waals surface area contributed by atoms with Crippen LogP contribution in [0.25, 0.3) is 16.9 Å². The Hall–Kier alpha value is -3.88. The molecule has 1 amide bonds. The molecule has 0 saturated heterocycles. The Labute approximate surface area is 172 Å². The first-order valence-corrected chi connectivity index (χ1v) is 9.54. The summed E-state index contributed by atoms with van der Waals surface area (Å²) in [6, 6.07) is 1.88. The molecule has 2 N–H and O–H groups in total.